The molecular formula is C14H22O3. The molecule has 0 fully saturated rings. The molecule has 0 N–H and O–H groups in total. The predicted octanol–water partition coefficient (Wildman–Crippen LogP) is 3.24. The highest BCUT2D eigenvalue weighted by Gasteiger charge is 2.37. The molecule has 0 aromatic carbocycles. The van der Waals surface area contributed by atoms with Gasteiger partial charge in [0, 0.05) is 0 Å². The van der Waals surface area contributed by atoms with Crippen LogP contribution >= 0.6 is 0 Å². The largest absolute Gasteiger partial charge is 0.386 e. The zero-order valence-electron chi connectivity index (χ0n) is 11.2. The maximum atomic E-state index is 11.7. The van der Waals surface area contributed by atoms with Crippen LogP contribution in [-0.4, -0.2) is 11.9 Å². The minimum Gasteiger partial charge on any atom is -0.386 e. The molecule has 1 heterocycles. The number of carbonyl (C=O) groups is 2. The molecule has 2 atom stereocenters. The highest BCUT2D eigenvalue weighted by molar-refractivity contribution is 6.12. The molecule has 3 nitrogen and oxygen atoms in total. The Balaban J connectivity index is 3.04. The summed E-state index contributed by atoms with van der Waals surface area (Å²) in [6.07, 6.45) is 3.84. The van der Waals surface area contributed by atoms with Crippen molar-refractivity contribution in [3.63, 3.8) is 0 Å². The molecule has 0 amide bonds. The molecule has 1 aliphatic heterocycles. The first-order valence-electron chi connectivity index (χ1n) is 6.53. The summed E-state index contributed by atoms with van der Waals surface area (Å²) < 4.78 is 4.77. The van der Waals surface area contributed by atoms with E-state index >= 15 is 0 Å². The Hall–Kier alpha value is -1.12. The molecule has 0 bridgehead atoms. The van der Waals surface area contributed by atoms with Crippen LogP contribution in [0.3, 0.4) is 0 Å². The Labute approximate surface area is 103 Å². The van der Waals surface area contributed by atoms with Gasteiger partial charge in [0.2, 0.25) is 0 Å². The van der Waals surface area contributed by atoms with Crippen LogP contribution in [-0.2, 0) is 14.3 Å². The maximum Gasteiger partial charge on any atom is 0.342 e. The summed E-state index contributed by atoms with van der Waals surface area (Å²) in [6, 6.07) is 0. The molecular weight excluding hydrogens is 216 g/mol. The second-order valence-corrected chi connectivity index (χ2v) is 4.88. The van der Waals surface area contributed by atoms with Gasteiger partial charge >= 0.3 is 11.9 Å². The lowest BCUT2D eigenvalue weighted by molar-refractivity contribution is -0.151. The van der Waals surface area contributed by atoms with Crippen molar-refractivity contribution in [2.45, 2.75) is 53.4 Å². The normalized spacial score (nSPS) is 19.5. The summed E-state index contributed by atoms with van der Waals surface area (Å²) in [5, 5.41) is 0. The number of esters is 2. The smallest absolute Gasteiger partial charge is 0.342 e. The third kappa shape index (κ3) is 2.96. The van der Waals surface area contributed by atoms with Crippen molar-refractivity contribution in [2.24, 2.45) is 11.8 Å². The zero-order valence-corrected chi connectivity index (χ0v) is 11.2. The maximum absolute atomic E-state index is 11.7. The first kappa shape index (κ1) is 13.9. The Morgan fingerprint density at radius 3 is 1.53 bits per heavy atom. The van der Waals surface area contributed by atoms with Crippen LogP contribution in [0, 0.1) is 11.8 Å². The van der Waals surface area contributed by atoms with E-state index in [1.165, 1.54) is 0 Å². The molecule has 1 rings (SSSR count). The first-order chi connectivity index (χ1) is 8.02. The van der Waals surface area contributed by atoms with Gasteiger partial charge in [-0.15, -0.1) is 0 Å². The Morgan fingerprint density at radius 2 is 1.24 bits per heavy atom. The van der Waals surface area contributed by atoms with E-state index in [0.29, 0.717) is 11.1 Å². The van der Waals surface area contributed by atoms with Crippen molar-refractivity contribution in [3.8, 4) is 0 Å². The van der Waals surface area contributed by atoms with E-state index in [1.54, 1.807) is 0 Å². The van der Waals surface area contributed by atoms with E-state index < -0.39 is 11.9 Å². The van der Waals surface area contributed by atoms with Gasteiger partial charge in [0.25, 0.3) is 0 Å². The molecule has 0 aromatic heterocycles. The van der Waals surface area contributed by atoms with E-state index in [1.807, 2.05) is 13.8 Å². The summed E-state index contributed by atoms with van der Waals surface area (Å²) in [7, 11) is 0. The second kappa shape index (κ2) is 5.99. The quantitative estimate of drug-likeness (QED) is 0.527. The standard InChI is InChI=1S/C14H22O3/c1-5-7-9(3)11-12(10(4)8-6-2)14(16)17-13(11)15/h9-10H,5-8H2,1-4H3. The third-order valence-corrected chi connectivity index (χ3v) is 3.34. The zero-order chi connectivity index (χ0) is 13.0. The van der Waals surface area contributed by atoms with Crippen LogP contribution in [0.15, 0.2) is 11.1 Å². The number of ether oxygens (including phenoxy) is 1. The van der Waals surface area contributed by atoms with Gasteiger partial charge in [-0.25, -0.2) is 9.59 Å². The molecule has 1 aliphatic rings. The number of rotatable bonds is 6. The molecule has 0 saturated heterocycles. The van der Waals surface area contributed by atoms with Crippen molar-refractivity contribution in [2.75, 3.05) is 0 Å². The lowest BCUT2D eigenvalue weighted by Gasteiger charge is -2.14. The topological polar surface area (TPSA) is 43.4 Å². The highest BCUT2D eigenvalue weighted by atomic mass is 16.6. The monoisotopic (exact) mass is 238 g/mol. The Kier molecular flexibility index (Phi) is 4.91. The van der Waals surface area contributed by atoms with Gasteiger partial charge in [-0.05, 0) is 24.7 Å². The number of carbonyl (C=O) groups excluding carboxylic acids is 2. The van der Waals surface area contributed by atoms with Gasteiger partial charge < -0.3 is 4.74 Å². The first-order valence-corrected chi connectivity index (χ1v) is 6.53. The minimum atomic E-state index is -0.422. The van der Waals surface area contributed by atoms with E-state index in [9.17, 15) is 9.59 Å². The van der Waals surface area contributed by atoms with Gasteiger partial charge in [-0.1, -0.05) is 40.5 Å². The number of hydrogen-bond acceptors (Lipinski definition) is 3. The van der Waals surface area contributed by atoms with Gasteiger partial charge in [0.15, 0.2) is 0 Å². The van der Waals surface area contributed by atoms with Crippen molar-refractivity contribution in [1.29, 1.82) is 0 Å². The van der Waals surface area contributed by atoms with E-state index in [0.717, 1.165) is 25.7 Å². The summed E-state index contributed by atoms with van der Waals surface area (Å²) >= 11 is 0. The average molecular weight is 238 g/mol. The van der Waals surface area contributed by atoms with Crippen molar-refractivity contribution in [1.82, 2.24) is 0 Å². The molecule has 0 aromatic rings. The molecule has 0 radical (unpaired) electrons. The Bertz CT molecular complexity index is 309. The summed E-state index contributed by atoms with van der Waals surface area (Å²) in [5.41, 5.74) is 1.25. The molecule has 2 unspecified atom stereocenters. The van der Waals surface area contributed by atoms with Crippen LogP contribution in [0.5, 0.6) is 0 Å². The fourth-order valence-electron chi connectivity index (χ4n) is 2.50. The summed E-state index contributed by atoms with van der Waals surface area (Å²) in [6.45, 7) is 8.15. The average Bonchev–Trinajstić information content (AvgIpc) is 2.54. The lowest BCUT2D eigenvalue weighted by atomic mass is 9.86. The summed E-state index contributed by atoms with van der Waals surface area (Å²) in [5.74, 6) is -0.607. The molecule has 3 heteroatoms. The third-order valence-electron chi connectivity index (χ3n) is 3.34. The van der Waals surface area contributed by atoms with Crippen LogP contribution in [0.2, 0.25) is 0 Å². The van der Waals surface area contributed by atoms with Gasteiger partial charge in [0.1, 0.15) is 0 Å². The van der Waals surface area contributed by atoms with Crippen molar-refractivity contribution >= 4 is 11.9 Å². The van der Waals surface area contributed by atoms with Crippen LogP contribution in [0.25, 0.3) is 0 Å². The van der Waals surface area contributed by atoms with Crippen LogP contribution in [0.1, 0.15) is 53.4 Å². The lowest BCUT2D eigenvalue weighted by Crippen LogP contribution is -2.11. The molecule has 0 aliphatic carbocycles. The minimum absolute atomic E-state index is 0.119. The molecule has 0 spiro atoms. The fourth-order valence-corrected chi connectivity index (χ4v) is 2.50. The highest BCUT2D eigenvalue weighted by Crippen LogP contribution is 2.33. The van der Waals surface area contributed by atoms with E-state index in [4.69, 9.17) is 4.74 Å². The van der Waals surface area contributed by atoms with Gasteiger partial charge in [0.05, 0.1) is 11.1 Å². The number of hydrogen-bond donors (Lipinski definition) is 0. The predicted molar refractivity (Wildman–Crippen MR) is 66.3 cm³/mol. The molecule has 96 valence electrons. The van der Waals surface area contributed by atoms with Crippen molar-refractivity contribution < 1.29 is 14.3 Å². The van der Waals surface area contributed by atoms with Gasteiger partial charge in [-0.2, -0.15) is 0 Å². The SMILES string of the molecule is CCCC(C)C1=C(C(C)CCC)C(=O)OC1=O. The second-order valence-electron chi connectivity index (χ2n) is 4.88. The van der Waals surface area contributed by atoms with E-state index in [2.05, 4.69) is 13.8 Å². The number of cyclic esters (lactones) is 2. The molecule has 0 saturated carbocycles. The van der Waals surface area contributed by atoms with E-state index in [-0.39, 0.29) is 11.8 Å². The van der Waals surface area contributed by atoms with Crippen LogP contribution in [0.4, 0.5) is 0 Å². The van der Waals surface area contributed by atoms with Crippen molar-refractivity contribution in [3.05, 3.63) is 11.1 Å². The summed E-state index contributed by atoms with van der Waals surface area (Å²) in [4.78, 5) is 23.4. The Morgan fingerprint density at radius 1 is 0.882 bits per heavy atom. The fraction of sp³-hybridized carbons (Fsp3) is 0.714. The van der Waals surface area contributed by atoms with Crippen LogP contribution < -0.4 is 0 Å². The molecule has 17 heavy (non-hydrogen) atoms. The van der Waals surface area contributed by atoms with Gasteiger partial charge in [-0.3, -0.25) is 0 Å².